The van der Waals surface area contributed by atoms with Crippen LogP contribution in [0.5, 0.6) is 0 Å². The Morgan fingerprint density at radius 1 is 0.952 bits per heavy atom. The summed E-state index contributed by atoms with van der Waals surface area (Å²) in [7, 11) is 0. The monoisotopic (exact) mass is 276 g/mol. The minimum Gasteiger partial charge on any atom is -0.364 e. The van der Waals surface area contributed by atoms with Crippen molar-refractivity contribution in [1.29, 1.82) is 0 Å². The first-order valence-corrected chi connectivity index (χ1v) is 6.69. The van der Waals surface area contributed by atoms with Gasteiger partial charge in [0.15, 0.2) is 0 Å². The van der Waals surface area contributed by atoms with Gasteiger partial charge in [-0.25, -0.2) is 4.68 Å². The Hall–Kier alpha value is -2.95. The highest BCUT2D eigenvalue weighted by atomic mass is 16.5. The molecule has 0 N–H and O–H groups in total. The lowest BCUT2D eigenvalue weighted by Gasteiger charge is -2.02. The predicted octanol–water partition coefficient (Wildman–Crippen LogP) is 3.13. The van der Waals surface area contributed by atoms with Gasteiger partial charge < -0.3 is 4.52 Å². The molecule has 0 aliphatic rings. The Balaban J connectivity index is 1.74. The van der Waals surface area contributed by atoms with E-state index >= 15 is 0 Å². The minimum atomic E-state index is 0.578. The molecule has 2 heterocycles. The van der Waals surface area contributed by atoms with Gasteiger partial charge in [0.2, 0.25) is 0 Å². The number of hydrogen-bond acceptors (Lipinski definition) is 4. The Morgan fingerprint density at radius 2 is 1.76 bits per heavy atom. The summed E-state index contributed by atoms with van der Waals surface area (Å²) in [5, 5.41) is 12.5. The summed E-state index contributed by atoms with van der Waals surface area (Å²) < 4.78 is 7.00. The van der Waals surface area contributed by atoms with Crippen molar-refractivity contribution in [3.8, 4) is 11.3 Å². The van der Waals surface area contributed by atoms with Gasteiger partial charge in [-0.05, 0) is 12.1 Å². The van der Waals surface area contributed by atoms with Gasteiger partial charge in [0.25, 0.3) is 0 Å². The molecule has 0 aliphatic carbocycles. The molecule has 21 heavy (non-hydrogen) atoms. The third-order valence-electron chi connectivity index (χ3n) is 3.43. The Morgan fingerprint density at radius 3 is 2.67 bits per heavy atom. The lowest BCUT2D eigenvalue weighted by molar-refractivity contribution is 0.420. The Labute approximate surface area is 120 Å². The van der Waals surface area contributed by atoms with Crippen LogP contribution in [0.25, 0.3) is 22.3 Å². The van der Waals surface area contributed by atoms with Gasteiger partial charge in [-0.3, -0.25) is 0 Å². The van der Waals surface area contributed by atoms with Crippen molar-refractivity contribution < 1.29 is 4.52 Å². The Bertz CT molecular complexity index is 879. The van der Waals surface area contributed by atoms with Crippen molar-refractivity contribution >= 4 is 11.0 Å². The van der Waals surface area contributed by atoms with Crippen LogP contribution in [0.4, 0.5) is 0 Å². The molecule has 5 heteroatoms. The van der Waals surface area contributed by atoms with Gasteiger partial charge in [0, 0.05) is 11.1 Å². The van der Waals surface area contributed by atoms with Crippen molar-refractivity contribution in [3.63, 3.8) is 0 Å². The van der Waals surface area contributed by atoms with Crippen molar-refractivity contribution in [2.45, 2.75) is 6.54 Å². The van der Waals surface area contributed by atoms with E-state index in [1.165, 1.54) is 0 Å². The molecule has 4 rings (SSSR count). The molecule has 5 nitrogen and oxygen atoms in total. The lowest BCUT2D eigenvalue weighted by Crippen LogP contribution is -2.02. The fraction of sp³-hybridized carbons (Fsp3) is 0.0625. The molecule has 0 radical (unpaired) electrons. The van der Waals surface area contributed by atoms with Gasteiger partial charge in [0.1, 0.15) is 17.5 Å². The van der Waals surface area contributed by atoms with E-state index in [4.69, 9.17) is 4.52 Å². The number of hydrogen-bond donors (Lipinski definition) is 0. The summed E-state index contributed by atoms with van der Waals surface area (Å²) in [5.74, 6) is 0. The van der Waals surface area contributed by atoms with Gasteiger partial charge in [-0.15, -0.1) is 5.10 Å². The fourth-order valence-electron chi connectivity index (χ4n) is 2.40. The molecule has 0 unspecified atom stereocenters. The lowest BCUT2D eigenvalue weighted by atomic mass is 10.1. The smallest absolute Gasteiger partial charge is 0.129 e. The number of para-hydroxylation sites is 1. The summed E-state index contributed by atoms with van der Waals surface area (Å²) in [6, 6.07) is 17.9. The summed E-state index contributed by atoms with van der Waals surface area (Å²) in [5.41, 5.74) is 4.74. The van der Waals surface area contributed by atoms with Crippen molar-refractivity contribution in [2.75, 3.05) is 0 Å². The molecule has 0 aliphatic heterocycles. The third kappa shape index (κ3) is 2.08. The molecule has 0 fully saturated rings. The summed E-state index contributed by atoms with van der Waals surface area (Å²) in [6.45, 7) is 0.578. The van der Waals surface area contributed by atoms with Crippen LogP contribution in [-0.4, -0.2) is 20.2 Å². The highest BCUT2D eigenvalue weighted by Crippen LogP contribution is 2.23. The average Bonchev–Trinajstić information content (AvgIpc) is 3.16. The second-order valence-corrected chi connectivity index (χ2v) is 4.79. The van der Waals surface area contributed by atoms with Gasteiger partial charge in [-0.2, -0.15) is 0 Å². The molecule has 0 saturated carbocycles. The van der Waals surface area contributed by atoms with Crippen LogP contribution in [0, 0.1) is 0 Å². The second kappa shape index (κ2) is 4.86. The van der Waals surface area contributed by atoms with E-state index in [1.807, 2.05) is 59.3 Å². The van der Waals surface area contributed by atoms with E-state index in [2.05, 4.69) is 15.5 Å². The molecule has 4 aromatic rings. The fourth-order valence-corrected chi connectivity index (χ4v) is 2.40. The van der Waals surface area contributed by atoms with Crippen LogP contribution in [-0.2, 0) is 6.54 Å². The highest BCUT2D eigenvalue weighted by molar-refractivity contribution is 5.74. The van der Waals surface area contributed by atoms with Gasteiger partial charge in [0.05, 0.1) is 12.1 Å². The maximum Gasteiger partial charge on any atom is 0.129 e. The first-order valence-electron chi connectivity index (χ1n) is 6.69. The van der Waals surface area contributed by atoms with Crippen LogP contribution in [0.15, 0.2) is 65.4 Å². The van der Waals surface area contributed by atoms with E-state index in [9.17, 15) is 0 Å². The van der Waals surface area contributed by atoms with Crippen LogP contribution in [0.1, 0.15) is 5.56 Å². The number of fused-ring (bicyclic) bond motifs is 1. The highest BCUT2D eigenvalue weighted by Gasteiger charge is 2.12. The van der Waals surface area contributed by atoms with Crippen LogP contribution in [0.2, 0.25) is 0 Å². The molecule has 0 spiro atoms. The summed E-state index contributed by atoms with van der Waals surface area (Å²) in [4.78, 5) is 0. The van der Waals surface area contributed by atoms with Crippen molar-refractivity contribution in [3.05, 3.63) is 66.4 Å². The quantitative estimate of drug-likeness (QED) is 0.577. The third-order valence-corrected chi connectivity index (χ3v) is 3.43. The van der Waals surface area contributed by atoms with E-state index < -0.39 is 0 Å². The zero-order valence-corrected chi connectivity index (χ0v) is 11.2. The first kappa shape index (κ1) is 11.8. The van der Waals surface area contributed by atoms with Crippen LogP contribution < -0.4 is 0 Å². The minimum absolute atomic E-state index is 0.578. The second-order valence-electron chi connectivity index (χ2n) is 4.79. The standard InChI is InChI=1S/C16H12N4O/c1-2-6-12(7-3-1)16-13(11-21-18-16)10-20-15-9-5-4-8-14(15)17-19-20/h1-9,11H,10H2. The largest absolute Gasteiger partial charge is 0.364 e. The number of nitrogens with zero attached hydrogens (tertiary/aromatic N) is 4. The molecule has 2 aromatic heterocycles. The molecule has 102 valence electrons. The SMILES string of the molecule is c1ccc(-c2nocc2Cn2nnc3ccccc32)cc1. The molecule has 2 aromatic carbocycles. The van der Waals surface area contributed by atoms with Crippen LogP contribution in [0.3, 0.4) is 0 Å². The zero-order chi connectivity index (χ0) is 14.1. The zero-order valence-electron chi connectivity index (χ0n) is 11.2. The molecule has 0 bridgehead atoms. The average molecular weight is 276 g/mol. The van der Waals surface area contributed by atoms with Gasteiger partial charge in [-0.1, -0.05) is 52.8 Å². The maximum absolute atomic E-state index is 5.15. The number of aromatic nitrogens is 4. The van der Waals surface area contributed by atoms with Gasteiger partial charge >= 0.3 is 0 Å². The first-order chi connectivity index (χ1) is 10.4. The normalized spacial score (nSPS) is 11.0. The Kier molecular flexibility index (Phi) is 2.74. The number of benzene rings is 2. The van der Waals surface area contributed by atoms with E-state index in [0.717, 1.165) is 27.9 Å². The molecule has 0 amide bonds. The summed E-state index contributed by atoms with van der Waals surface area (Å²) in [6.07, 6.45) is 1.67. The topological polar surface area (TPSA) is 56.7 Å². The predicted molar refractivity (Wildman–Crippen MR) is 78.6 cm³/mol. The molecule has 0 saturated heterocycles. The van der Waals surface area contributed by atoms with E-state index in [0.29, 0.717) is 6.54 Å². The number of rotatable bonds is 3. The van der Waals surface area contributed by atoms with Crippen molar-refractivity contribution in [2.24, 2.45) is 0 Å². The molecule has 0 atom stereocenters. The van der Waals surface area contributed by atoms with E-state index in [1.54, 1.807) is 6.26 Å². The summed E-state index contributed by atoms with van der Waals surface area (Å²) >= 11 is 0. The van der Waals surface area contributed by atoms with Crippen LogP contribution >= 0.6 is 0 Å². The van der Waals surface area contributed by atoms with E-state index in [-0.39, 0.29) is 0 Å². The maximum atomic E-state index is 5.15. The van der Waals surface area contributed by atoms with Crippen molar-refractivity contribution in [1.82, 2.24) is 20.2 Å². The molecular weight excluding hydrogens is 264 g/mol. The molecular formula is C16H12N4O.